The second kappa shape index (κ2) is 7.44. The number of rotatable bonds is 4. The second-order valence-corrected chi connectivity index (χ2v) is 8.01. The maximum absolute atomic E-state index is 12.0. The minimum Gasteiger partial charge on any atom is -0.366 e. The van der Waals surface area contributed by atoms with Gasteiger partial charge in [0.1, 0.15) is 6.07 Å². The van der Waals surface area contributed by atoms with Crippen LogP contribution in [-0.4, -0.2) is 36.5 Å². The Morgan fingerprint density at radius 2 is 2.17 bits per heavy atom. The lowest BCUT2D eigenvalue weighted by Gasteiger charge is -2.36. The molecule has 1 heterocycles. The smallest absolute Gasteiger partial charge is 0.222 e. The SMILES string of the molecule is CCC(=O)N1CCC(N(CC(C)(C)C)c2ccc(C#N)c(Cl)c2)C1. The lowest BCUT2D eigenvalue weighted by atomic mass is 9.94. The van der Waals surface area contributed by atoms with Crippen LogP contribution in [0.5, 0.6) is 0 Å². The van der Waals surface area contributed by atoms with Crippen molar-refractivity contribution in [3.05, 3.63) is 28.8 Å². The van der Waals surface area contributed by atoms with E-state index in [2.05, 4.69) is 31.7 Å². The van der Waals surface area contributed by atoms with Crippen LogP contribution in [0.3, 0.4) is 0 Å². The first-order valence-corrected chi connectivity index (χ1v) is 8.87. The van der Waals surface area contributed by atoms with Gasteiger partial charge in [0.25, 0.3) is 0 Å². The molecule has 1 aliphatic rings. The minimum atomic E-state index is 0.114. The van der Waals surface area contributed by atoms with E-state index in [4.69, 9.17) is 16.9 Å². The van der Waals surface area contributed by atoms with Crippen molar-refractivity contribution in [2.45, 2.75) is 46.6 Å². The maximum atomic E-state index is 12.0. The van der Waals surface area contributed by atoms with Gasteiger partial charge in [0.05, 0.1) is 10.6 Å². The van der Waals surface area contributed by atoms with E-state index in [0.29, 0.717) is 17.0 Å². The first-order valence-electron chi connectivity index (χ1n) is 8.49. The van der Waals surface area contributed by atoms with Crippen molar-refractivity contribution in [1.29, 1.82) is 5.26 Å². The normalized spacial score (nSPS) is 17.7. The lowest BCUT2D eigenvalue weighted by Crippen LogP contribution is -2.43. The number of carbonyl (C=O) groups excluding carboxylic acids is 1. The highest BCUT2D eigenvalue weighted by molar-refractivity contribution is 6.32. The van der Waals surface area contributed by atoms with Gasteiger partial charge in [-0.05, 0) is 30.0 Å². The van der Waals surface area contributed by atoms with Crippen LogP contribution in [0.4, 0.5) is 5.69 Å². The van der Waals surface area contributed by atoms with Crippen molar-refractivity contribution in [1.82, 2.24) is 4.90 Å². The van der Waals surface area contributed by atoms with Gasteiger partial charge in [-0.25, -0.2) is 0 Å². The van der Waals surface area contributed by atoms with E-state index in [-0.39, 0.29) is 17.4 Å². The molecule has 1 aliphatic heterocycles. The number of likely N-dealkylation sites (tertiary alicyclic amines) is 1. The van der Waals surface area contributed by atoms with E-state index in [0.717, 1.165) is 31.7 Å². The molecule has 1 aromatic carbocycles. The third-order valence-electron chi connectivity index (χ3n) is 4.31. The van der Waals surface area contributed by atoms with Crippen LogP contribution in [0.15, 0.2) is 18.2 Å². The number of amides is 1. The number of hydrogen-bond acceptors (Lipinski definition) is 3. The largest absolute Gasteiger partial charge is 0.366 e. The van der Waals surface area contributed by atoms with E-state index in [9.17, 15) is 4.79 Å². The summed E-state index contributed by atoms with van der Waals surface area (Å²) in [6.45, 7) is 10.9. The van der Waals surface area contributed by atoms with Gasteiger partial charge in [-0.15, -0.1) is 0 Å². The Balaban J connectivity index is 2.28. The molecule has 130 valence electrons. The van der Waals surface area contributed by atoms with Crippen molar-refractivity contribution < 1.29 is 4.79 Å². The van der Waals surface area contributed by atoms with Gasteiger partial charge in [0.15, 0.2) is 0 Å². The number of halogens is 1. The van der Waals surface area contributed by atoms with Crippen LogP contribution in [0, 0.1) is 16.7 Å². The lowest BCUT2D eigenvalue weighted by molar-refractivity contribution is -0.129. The topological polar surface area (TPSA) is 47.3 Å². The molecule has 1 fully saturated rings. The van der Waals surface area contributed by atoms with Gasteiger partial charge in [0, 0.05) is 37.8 Å². The fraction of sp³-hybridized carbons (Fsp3) is 0.579. The van der Waals surface area contributed by atoms with Gasteiger partial charge in [-0.3, -0.25) is 4.79 Å². The fourth-order valence-corrected chi connectivity index (χ4v) is 3.38. The average molecular weight is 348 g/mol. The summed E-state index contributed by atoms with van der Waals surface area (Å²) < 4.78 is 0. The van der Waals surface area contributed by atoms with Crippen molar-refractivity contribution in [2.75, 3.05) is 24.5 Å². The molecule has 1 atom stereocenters. The van der Waals surface area contributed by atoms with Crippen molar-refractivity contribution >= 4 is 23.2 Å². The number of carbonyl (C=O) groups is 1. The predicted octanol–water partition coefficient (Wildman–Crippen LogP) is 4.08. The summed E-state index contributed by atoms with van der Waals surface area (Å²) in [5, 5.41) is 9.56. The summed E-state index contributed by atoms with van der Waals surface area (Å²) >= 11 is 6.24. The van der Waals surface area contributed by atoms with Crippen LogP contribution in [-0.2, 0) is 4.79 Å². The zero-order chi connectivity index (χ0) is 17.9. The zero-order valence-corrected chi connectivity index (χ0v) is 15.7. The minimum absolute atomic E-state index is 0.114. The Morgan fingerprint density at radius 3 is 2.71 bits per heavy atom. The van der Waals surface area contributed by atoms with Gasteiger partial charge >= 0.3 is 0 Å². The molecule has 1 unspecified atom stereocenters. The highest BCUT2D eigenvalue weighted by Crippen LogP contribution is 2.30. The number of anilines is 1. The Morgan fingerprint density at radius 1 is 1.46 bits per heavy atom. The summed E-state index contributed by atoms with van der Waals surface area (Å²) in [6, 6.07) is 7.99. The summed E-state index contributed by atoms with van der Waals surface area (Å²) in [6.07, 6.45) is 1.51. The molecule has 24 heavy (non-hydrogen) atoms. The molecule has 5 heteroatoms. The highest BCUT2D eigenvalue weighted by Gasteiger charge is 2.32. The number of nitrogens with zero attached hydrogens (tertiary/aromatic N) is 3. The third kappa shape index (κ3) is 4.42. The van der Waals surface area contributed by atoms with Crippen LogP contribution in [0.1, 0.15) is 46.1 Å². The van der Waals surface area contributed by atoms with E-state index < -0.39 is 0 Å². The summed E-state index contributed by atoms with van der Waals surface area (Å²) in [4.78, 5) is 16.3. The average Bonchev–Trinajstić information content (AvgIpc) is 3.00. The molecule has 0 aliphatic carbocycles. The Labute approximate surface area is 150 Å². The molecule has 0 spiro atoms. The van der Waals surface area contributed by atoms with Crippen molar-refractivity contribution in [3.63, 3.8) is 0 Å². The zero-order valence-electron chi connectivity index (χ0n) is 15.0. The number of benzene rings is 1. The van der Waals surface area contributed by atoms with E-state index in [1.54, 1.807) is 6.07 Å². The van der Waals surface area contributed by atoms with Gasteiger partial charge < -0.3 is 9.80 Å². The highest BCUT2D eigenvalue weighted by atomic mass is 35.5. The summed E-state index contributed by atoms with van der Waals surface area (Å²) in [7, 11) is 0. The summed E-state index contributed by atoms with van der Waals surface area (Å²) in [5.41, 5.74) is 1.62. The molecule has 0 bridgehead atoms. The third-order valence-corrected chi connectivity index (χ3v) is 4.62. The van der Waals surface area contributed by atoms with Gasteiger partial charge in [-0.1, -0.05) is 39.3 Å². The molecule has 0 radical (unpaired) electrons. The molecule has 4 nitrogen and oxygen atoms in total. The molecular weight excluding hydrogens is 322 g/mol. The molecule has 1 saturated heterocycles. The first kappa shape index (κ1) is 18.6. The quantitative estimate of drug-likeness (QED) is 0.824. The number of hydrogen-bond donors (Lipinski definition) is 0. The van der Waals surface area contributed by atoms with Gasteiger partial charge in [-0.2, -0.15) is 5.26 Å². The molecule has 2 rings (SSSR count). The monoisotopic (exact) mass is 347 g/mol. The van der Waals surface area contributed by atoms with E-state index >= 15 is 0 Å². The molecular formula is C19H26ClN3O. The maximum Gasteiger partial charge on any atom is 0.222 e. The molecule has 0 N–H and O–H groups in total. The Bertz CT molecular complexity index is 645. The predicted molar refractivity (Wildman–Crippen MR) is 98.2 cm³/mol. The second-order valence-electron chi connectivity index (χ2n) is 7.60. The molecule has 1 aromatic rings. The molecule has 0 aromatic heterocycles. The van der Waals surface area contributed by atoms with Crippen LogP contribution in [0.2, 0.25) is 5.02 Å². The Kier molecular flexibility index (Phi) is 5.77. The standard InChI is InChI=1S/C19H26ClN3O/c1-5-18(24)22-9-8-16(12-22)23(13-19(2,3)4)15-7-6-14(11-21)17(20)10-15/h6-7,10,16H,5,8-9,12-13H2,1-4H3. The van der Waals surface area contributed by atoms with Crippen LogP contribution >= 0.6 is 11.6 Å². The fourth-order valence-electron chi connectivity index (χ4n) is 3.16. The van der Waals surface area contributed by atoms with Crippen molar-refractivity contribution in [2.24, 2.45) is 5.41 Å². The molecule has 1 amide bonds. The van der Waals surface area contributed by atoms with Crippen molar-refractivity contribution in [3.8, 4) is 6.07 Å². The Hall–Kier alpha value is -1.73. The van der Waals surface area contributed by atoms with E-state index in [1.807, 2.05) is 24.0 Å². The van der Waals surface area contributed by atoms with E-state index in [1.165, 1.54) is 0 Å². The van der Waals surface area contributed by atoms with Gasteiger partial charge in [0.2, 0.25) is 5.91 Å². The van der Waals surface area contributed by atoms with Crippen LogP contribution < -0.4 is 4.90 Å². The first-order chi connectivity index (χ1) is 11.2. The molecule has 0 saturated carbocycles. The van der Waals surface area contributed by atoms with Crippen LogP contribution in [0.25, 0.3) is 0 Å². The summed E-state index contributed by atoms with van der Waals surface area (Å²) in [5.74, 6) is 0.214. The number of nitriles is 1.